The molecule has 0 aliphatic carbocycles. The Morgan fingerprint density at radius 2 is 1.04 bits per heavy atom. The third-order valence-electron chi connectivity index (χ3n) is 4.55. The first kappa shape index (κ1) is 26.3. The lowest BCUT2D eigenvalue weighted by molar-refractivity contribution is -0.697. The SMILES string of the molecule is CCCCCCCCCCCCCCCC[n+]1ccccc1.O=P([O-])(O)O. The quantitative estimate of drug-likeness (QED) is 0.249. The van der Waals surface area contributed by atoms with Gasteiger partial charge in [0, 0.05) is 18.6 Å². The molecule has 0 radical (unpaired) electrons. The molecule has 158 valence electrons. The summed E-state index contributed by atoms with van der Waals surface area (Å²) in [6.45, 7) is 3.47. The first-order valence-corrected chi connectivity index (χ1v) is 12.2. The van der Waals surface area contributed by atoms with Crippen LogP contribution in [-0.2, 0) is 11.1 Å². The molecule has 0 aliphatic rings. The van der Waals surface area contributed by atoms with E-state index in [0.29, 0.717) is 0 Å². The molecule has 0 amide bonds. The summed E-state index contributed by atoms with van der Waals surface area (Å²) in [5.41, 5.74) is 0. The van der Waals surface area contributed by atoms with Gasteiger partial charge < -0.3 is 14.7 Å². The van der Waals surface area contributed by atoms with Gasteiger partial charge >= 0.3 is 0 Å². The van der Waals surface area contributed by atoms with E-state index in [2.05, 4.69) is 42.1 Å². The van der Waals surface area contributed by atoms with Crippen LogP contribution in [-0.4, -0.2) is 9.79 Å². The van der Waals surface area contributed by atoms with E-state index in [1.54, 1.807) is 0 Å². The Hall–Kier alpha value is -0.740. The predicted molar refractivity (Wildman–Crippen MR) is 109 cm³/mol. The molecule has 1 aromatic rings. The van der Waals surface area contributed by atoms with Crippen molar-refractivity contribution < 1.29 is 23.8 Å². The maximum Gasteiger partial charge on any atom is 0.262 e. The zero-order valence-corrected chi connectivity index (χ0v) is 18.0. The summed E-state index contributed by atoms with van der Waals surface area (Å²) in [5, 5.41) is 0. The third-order valence-corrected chi connectivity index (χ3v) is 4.55. The maximum absolute atomic E-state index is 8.77. The van der Waals surface area contributed by atoms with E-state index in [4.69, 9.17) is 19.2 Å². The number of aromatic nitrogens is 1. The molecule has 1 heterocycles. The second-order valence-corrected chi connectivity index (χ2v) is 8.18. The molecule has 5 nitrogen and oxygen atoms in total. The predicted octanol–water partition coefficient (Wildman–Crippen LogP) is 4.89. The monoisotopic (exact) mass is 401 g/mol. The van der Waals surface area contributed by atoms with E-state index in [9.17, 15) is 0 Å². The van der Waals surface area contributed by atoms with E-state index >= 15 is 0 Å². The lowest BCUT2D eigenvalue weighted by atomic mass is 10.0. The van der Waals surface area contributed by atoms with Crippen LogP contribution >= 0.6 is 7.82 Å². The minimum atomic E-state index is -4.89. The van der Waals surface area contributed by atoms with Crippen LogP contribution in [0.5, 0.6) is 0 Å². The number of aryl methyl sites for hydroxylation is 1. The maximum atomic E-state index is 8.77. The number of unbranched alkanes of at least 4 members (excludes halogenated alkanes) is 13. The highest BCUT2D eigenvalue weighted by molar-refractivity contribution is 7.43. The number of hydrogen-bond acceptors (Lipinski definition) is 2. The highest BCUT2D eigenvalue weighted by Crippen LogP contribution is 2.19. The zero-order valence-electron chi connectivity index (χ0n) is 17.1. The molecular weight excluding hydrogens is 361 g/mol. The van der Waals surface area contributed by atoms with E-state index in [0.717, 1.165) is 0 Å². The number of pyridine rings is 1. The van der Waals surface area contributed by atoms with Gasteiger partial charge in [-0.25, -0.2) is 4.57 Å². The number of nitrogens with zero attached hydrogens (tertiary/aromatic N) is 1. The zero-order chi connectivity index (χ0) is 20.2. The normalized spacial score (nSPS) is 11.1. The van der Waals surface area contributed by atoms with E-state index in [1.165, 1.54) is 96.4 Å². The molecule has 0 atom stereocenters. The van der Waals surface area contributed by atoms with Crippen LogP contribution < -0.4 is 9.46 Å². The Kier molecular flexibility index (Phi) is 18.1. The Balaban J connectivity index is 0.00000119. The molecule has 2 N–H and O–H groups in total. The van der Waals surface area contributed by atoms with Crippen molar-refractivity contribution in [3.8, 4) is 0 Å². The molecule has 0 aliphatic heterocycles. The summed E-state index contributed by atoms with van der Waals surface area (Å²) in [6.07, 6.45) is 24.4. The molecular formula is C21H40NO4P. The molecule has 0 aromatic carbocycles. The minimum absolute atomic E-state index is 1.18. The smallest absolute Gasteiger partial charge is 0.262 e. The lowest BCUT2D eigenvalue weighted by Crippen LogP contribution is -2.32. The van der Waals surface area contributed by atoms with E-state index in [1.807, 2.05) is 0 Å². The molecule has 1 rings (SSSR count). The van der Waals surface area contributed by atoms with Crippen molar-refractivity contribution >= 4 is 7.82 Å². The van der Waals surface area contributed by atoms with Gasteiger partial charge in [-0.2, -0.15) is 0 Å². The number of rotatable bonds is 15. The fourth-order valence-corrected chi connectivity index (χ4v) is 3.07. The van der Waals surface area contributed by atoms with Gasteiger partial charge in [-0.05, 0) is 6.42 Å². The molecule has 0 saturated heterocycles. The largest absolute Gasteiger partial charge is 0.756 e. The Morgan fingerprint density at radius 3 is 1.41 bits per heavy atom. The molecule has 0 saturated carbocycles. The lowest BCUT2D eigenvalue weighted by Gasteiger charge is -2.02. The molecule has 6 heteroatoms. The van der Waals surface area contributed by atoms with Gasteiger partial charge in [0.1, 0.15) is 6.54 Å². The highest BCUT2D eigenvalue weighted by Gasteiger charge is 1.98. The van der Waals surface area contributed by atoms with Crippen molar-refractivity contribution in [3.63, 3.8) is 0 Å². The number of hydrogen-bond donors (Lipinski definition) is 2. The first-order chi connectivity index (χ1) is 12.9. The van der Waals surface area contributed by atoms with Crippen LogP contribution in [0.25, 0.3) is 0 Å². The average molecular weight is 402 g/mol. The average Bonchev–Trinajstić information content (AvgIpc) is 2.61. The molecule has 0 fully saturated rings. The molecule has 0 bridgehead atoms. The van der Waals surface area contributed by atoms with Crippen LogP contribution in [0.1, 0.15) is 96.8 Å². The topological polar surface area (TPSA) is 84.5 Å². The van der Waals surface area contributed by atoms with Gasteiger partial charge in [-0.15, -0.1) is 0 Å². The third kappa shape index (κ3) is 25.3. The second-order valence-electron chi connectivity index (χ2n) is 7.20. The highest BCUT2D eigenvalue weighted by atomic mass is 31.2. The fourth-order valence-electron chi connectivity index (χ4n) is 3.07. The molecule has 0 unspecified atom stereocenters. The summed E-state index contributed by atoms with van der Waals surface area (Å²) in [6, 6.07) is 6.31. The van der Waals surface area contributed by atoms with E-state index in [-0.39, 0.29) is 0 Å². The van der Waals surface area contributed by atoms with Crippen molar-refractivity contribution in [1.82, 2.24) is 0 Å². The minimum Gasteiger partial charge on any atom is -0.756 e. The van der Waals surface area contributed by atoms with Crippen LogP contribution in [0.15, 0.2) is 30.6 Å². The van der Waals surface area contributed by atoms with Crippen LogP contribution in [0, 0.1) is 0 Å². The van der Waals surface area contributed by atoms with Crippen molar-refractivity contribution in [2.75, 3.05) is 0 Å². The van der Waals surface area contributed by atoms with Crippen molar-refractivity contribution in [2.24, 2.45) is 0 Å². The van der Waals surface area contributed by atoms with Gasteiger partial charge in [0.25, 0.3) is 7.82 Å². The second kappa shape index (κ2) is 18.6. The van der Waals surface area contributed by atoms with Crippen LogP contribution in [0.4, 0.5) is 0 Å². The van der Waals surface area contributed by atoms with Crippen LogP contribution in [0.3, 0.4) is 0 Å². The van der Waals surface area contributed by atoms with Crippen molar-refractivity contribution in [3.05, 3.63) is 30.6 Å². The molecule has 27 heavy (non-hydrogen) atoms. The summed E-state index contributed by atoms with van der Waals surface area (Å²) < 4.78 is 11.1. The van der Waals surface area contributed by atoms with Crippen LogP contribution in [0.2, 0.25) is 0 Å². The van der Waals surface area contributed by atoms with Gasteiger partial charge in [-0.1, -0.05) is 90.0 Å². The van der Waals surface area contributed by atoms with E-state index < -0.39 is 7.82 Å². The van der Waals surface area contributed by atoms with Gasteiger partial charge in [-0.3, -0.25) is 4.57 Å². The fraction of sp³-hybridized carbons (Fsp3) is 0.762. The molecule has 0 spiro atoms. The van der Waals surface area contributed by atoms with Crippen molar-refractivity contribution in [2.45, 2.75) is 103 Å². The Labute approximate surface area is 166 Å². The van der Waals surface area contributed by atoms with Gasteiger partial charge in [0.2, 0.25) is 0 Å². The summed E-state index contributed by atoms with van der Waals surface area (Å²) in [7, 11) is -4.89. The number of phosphoric acid groups is 1. The summed E-state index contributed by atoms with van der Waals surface area (Å²) in [4.78, 5) is 22.9. The summed E-state index contributed by atoms with van der Waals surface area (Å²) in [5.74, 6) is 0. The first-order valence-electron chi connectivity index (χ1n) is 10.6. The summed E-state index contributed by atoms with van der Waals surface area (Å²) >= 11 is 0. The van der Waals surface area contributed by atoms with Gasteiger partial charge in [0.15, 0.2) is 12.4 Å². The standard InChI is InChI=1S/C21H38N.H3O4P/c1-2-3-4-5-6-7-8-9-10-11-12-13-14-16-19-22-20-17-15-18-21-22;1-5(2,3)4/h15,17-18,20-21H,2-14,16,19H2,1H3;(H3,1,2,3,4)/q+1;/p-1. The van der Waals surface area contributed by atoms with Gasteiger partial charge in [0.05, 0.1) is 0 Å². The Bertz CT molecular complexity index is 456. The molecule has 1 aromatic heterocycles. The Morgan fingerprint density at radius 1 is 0.704 bits per heavy atom. The van der Waals surface area contributed by atoms with Crippen molar-refractivity contribution in [1.29, 1.82) is 0 Å².